The van der Waals surface area contributed by atoms with Gasteiger partial charge in [0.05, 0.1) is 0 Å². The van der Waals surface area contributed by atoms with E-state index >= 15 is 0 Å². The summed E-state index contributed by atoms with van der Waals surface area (Å²) in [5.41, 5.74) is 11.1. The number of primary amides is 2. The van der Waals surface area contributed by atoms with Crippen molar-refractivity contribution in [1.29, 1.82) is 0 Å². The van der Waals surface area contributed by atoms with Crippen LogP contribution in [0.25, 0.3) is 0 Å². The Morgan fingerprint density at radius 1 is 1.26 bits per heavy atom. The van der Waals surface area contributed by atoms with Crippen LogP contribution in [-0.2, 0) is 25.7 Å². The molecule has 2 fully saturated rings. The molecule has 3 heterocycles. The van der Waals surface area contributed by atoms with E-state index in [1.807, 2.05) is 0 Å². The Hall–Kier alpha value is -3.50. The molecule has 31 heavy (non-hydrogen) atoms. The first-order valence-electron chi connectivity index (χ1n) is 10.2. The van der Waals surface area contributed by atoms with Crippen LogP contribution in [0.15, 0.2) is 24.5 Å². The molecule has 2 aliphatic heterocycles. The highest BCUT2D eigenvalue weighted by Gasteiger charge is 2.38. The fraction of sp³-hybridized carbons (Fsp3) is 0.500. The van der Waals surface area contributed by atoms with E-state index in [-0.39, 0.29) is 18.7 Å². The second-order valence-corrected chi connectivity index (χ2v) is 7.80. The summed E-state index contributed by atoms with van der Waals surface area (Å²) in [7, 11) is 0. The maximum atomic E-state index is 13.2. The van der Waals surface area contributed by atoms with Crippen molar-refractivity contribution >= 4 is 29.5 Å². The van der Waals surface area contributed by atoms with E-state index in [9.17, 15) is 24.0 Å². The first-order valence-corrected chi connectivity index (χ1v) is 10.2. The van der Waals surface area contributed by atoms with Crippen LogP contribution in [-0.4, -0.2) is 59.1 Å². The molecular formula is C20H27N6O5+. The monoisotopic (exact) mass is 431 g/mol. The molecule has 2 saturated heterocycles. The van der Waals surface area contributed by atoms with Crippen LogP contribution in [0.5, 0.6) is 0 Å². The van der Waals surface area contributed by atoms with Gasteiger partial charge in [-0.1, -0.05) is 0 Å². The predicted octanol–water partition coefficient (Wildman–Crippen LogP) is -2.30. The zero-order chi connectivity index (χ0) is 22.5. The number of hydrogen-bond acceptors (Lipinski definition) is 5. The number of aryl methyl sites for hydroxylation is 1. The number of carbonyl (C=O) groups excluding carboxylic acids is 5. The minimum atomic E-state index is -0.922. The van der Waals surface area contributed by atoms with Gasteiger partial charge in [0.1, 0.15) is 23.7 Å². The summed E-state index contributed by atoms with van der Waals surface area (Å²) in [4.78, 5) is 61.8. The van der Waals surface area contributed by atoms with Crippen LogP contribution in [0.4, 0.5) is 0 Å². The van der Waals surface area contributed by atoms with E-state index in [2.05, 4.69) is 10.6 Å². The molecule has 3 rings (SSSR count). The molecule has 1 aromatic heterocycles. The highest BCUT2D eigenvalue weighted by Crippen LogP contribution is 2.19. The van der Waals surface area contributed by atoms with Crippen molar-refractivity contribution in [2.45, 2.75) is 56.8 Å². The van der Waals surface area contributed by atoms with Crippen LogP contribution < -0.4 is 26.7 Å². The highest BCUT2D eigenvalue weighted by atomic mass is 16.2. The number of carbonyl (C=O) groups is 5. The molecule has 0 bridgehead atoms. The summed E-state index contributed by atoms with van der Waals surface area (Å²) in [5, 5.41) is 5.30. The van der Waals surface area contributed by atoms with Gasteiger partial charge in [-0.25, -0.2) is 4.57 Å². The number of nitrogens with zero attached hydrogens (tertiary/aromatic N) is 2. The molecule has 2 aliphatic rings. The molecule has 6 N–H and O–H groups in total. The summed E-state index contributed by atoms with van der Waals surface area (Å²) in [5.74, 6) is -2.22. The summed E-state index contributed by atoms with van der Waals surface area (Å²) < 4.78 is 1.69. The van der Waals surface area contributed by atoms with Crippen LogP contribution in [0.3, 0.4) is 0 Å². The van der Waals surface area contributed by atoms with Crippen LogP contribution >= 0.6 is 0 Å². The lowest BCUT2D eigenvalue weighted by Crippen LogP contribution is -2.56. The topological polar surface area (TPSA) is 169 Å². The fourth-order valence-corrected chi connectivity index (χ4v) is 3.95. The van der Waals surface area contributed by atoms with Gasteiger partial charge in [-0.3, -0.25) is 24.0 Å². The predicted molar refractivity (Wildman–Crippen MR) is 107 cm³/mol. The third kappa shape index (κ3) is 5.36. The summed E-state index contributed by atoms with van der Waals surface area (Å²) in [6.45, 7) is 0.688. The second-order valence-electron chi connectivity index (χ2n) is 7.80. The van der Waals surface area contributed by atoms with Gasteiger partial charge in [0.15, 0.2) is 18.9 Å². The third-order valence-electron chi connectivity index (χ3n) is 5.61. The van der Waals surface area contributed by atoms with Gasteiger partial charge >= 0.3 is 0 Å². The number of pyridine rings is 1. The fourth-order valence-electron chi connectivity index (χ4n) is 3.95. The first kappa shape index (κ1) is 22.2. The molecule has 0 radical (unpaired) electrons. The normalized spacial score (nSPS) is 21.4. The number of aromatic nitrogens is 1. The summed E-state index contributed by atoms with van der Waals surface area (Å²) in [6.07, 6.45) is 5.22. The lowest BCUT2D eigenvalue weighted by Gasteiger charge is -2.28. The average molecular weight is 431 g/mol. The number of rotatable bonds is 8. The van der Waals surface area contributed by atoms with Crippen molar-refractivity contribution in [2.75, 3.05) is 6.54 Å². The van der Waals surface area contributed by atoms with Crippen molar-refractivity contribution in [1.82, 2.24) is 15.5 Å². The first-order chi connectivity index (χ1) is 14.8. The van der Waals surface area contributed by atoms with Gasteiger partial charge < -0.3 is 27.0 Å². The highest BCUT2D eigenvalue weighted by molar-refractivity contribution is 5.95. The Labute approximate surface area is 179 Å². The molecule has 0 aliphatic carbocycles. The molecule has 11 heteroatoms. The molecule has 3 atom stereocenters. The molecule has 166 valence electrons. The van der Waals surface area contributed by atoms with Gasteiger partial charge in [0.25, 0.3) is 5.91 Å². The molecular weight excluding hydrogens is 404 g/mol. The van der Waals surface area contributed by atoms with E-state index in [1.165, 1.54) is 4.90 Å². The number of likely N-dealkylation sites (tertiary alicyclic amines) is 1. The van der Waals surface area contributed by atoms with Crippen LogP contribution in [0.2, 0.25) is 0 Å². The summed E-state index contributed by atoms with van der Waals surface area (Å²) in [6, 6.07) is 0.915. The van der Waals surface area contributed by atoms with Gasteiger partial charge in [-0.05, 0) is 25.3 Å². The smallest absolute Gasteiger partial charge is 0.254 e. The van der Waals surface area contributed by atoms with Crippen LogP contribution in [0.1, 0.15) is 42.5 Å². The Morgan fingerprint density at radius 3 is 2.68 bits per heavy atom. The lowest BCUT2D eigenvalue weighted by molar-refractivity contribution is -0.697. The average Bonchev–Trinajstić information content (AvgIpc) is 3.40. The SMILES string of the molecule is NC(=O)c1ccc[n+](CCC(NC(=O)C2CCC(=O)N2)C(=O)N2CCCC2C(N)=O)c1. The maximum absolute atomic E-state index is 13.2. The quantitative estimate of drug-likeness (QED) is 0.339. The van der Waals surface area contributed by atoms with E-state index in [1.54, 1.807) is 29.1 Å². The number of nitrogens with one attached hydrogen (secondary N) is 2. The number of nitrogens with two attached hydrogens (primary N) is 2. The van der Waals surface area contributed by atoms with Gasteiger partial charge in [-0.2, -0.15) is 0 Å². The second kappa shape index (κ2) is 9.54. The van der Waals surface area contributed by atoms with Gasteiger partial charge in [-0.15, -0.1) is 0 Å². The van der Waals surface area contributed by atoms with Crippen LogP contribution in [0, 0.1) is 0 Å². The number of hydrogen-bond donors (Lipinski definition) is 4. The molecule has 0 saturated carbocycles. The maximum Gasteiger partial charge on any atom is 0.254 e. The molecule has 1 aromatic rings. The molecule has 3 unspecified atom stereocenters. The molecule has 11 nitrogen and oxygen atoms in total. The molecule has 0 aromatic carbocycles. The van der Waals surface area contributed by atoms with E-state index < -0.39 is 41.8 Å². The molecule has 0 spiro atoms. The lowest BCUT2D eigenvalue weighted by atomic mass is 10.1. The Balaban J connectivity index is 1.75. The van der Waals surface area contributed by atoms with Crippen molar-refractivity contribution in [3.63, 3.8) is 0 Å². The Morgan fingerprint density at radius 2 is 2.03 bits per heavy atom. The van der Waals surface area contributed by atoms with Crippen molar-refractivity contribution in [3.8, 4) is 0 Å². The standard InChI is InChI=1S/C20H26N6O5/c21-17(28)12-3-1-8-25(11-12)10-7-14(24-19(30)13-5-6-16(27)23-13)20(31)26-9-2-4-15(26)18(22)29/h1,3,8,11,13-15H,2,4-7,9-10H2,(H5-,21,22,23,24,27,28,29,30)/p+1. The van der Waals surface area contributed by atoms with E-state index in [0.29, 0.717) is 37.9 Å². The zero-order valence-corrected chi connectivity index (χ0v) is 17.1. The third-order valence-corrected chi connectivity index (χ3v) is 5.61. The van der Waals surface area contributed by atoms with Crippen molar-refractivity contribution < 1.29 is 28.5 Å². The zero-order valence-electron chi connectivity index (χ0n) is 17.1. The Bertz CT molecular complexity index is 904. The van der Waals surface area contributed by atoms with E-state index in [0.717, 1.165) is 0 Å². The minimum Gasteiger partial charge on any atom is -0.368 e. The minimum absolute atomic E-state index is 0.208. The van der Waals surface area contributed by atoms with E-state index in [4.69, 9.17) is 11.5 Å². The Kier molecular flexibility index (Phi) is 6.83. The van der Waals surface area contributed by atoms with Gasteiger partial charge in [0.2, 0.25) is 23.6 Å². The van der Waals surface area contributed by atoms with Crippen molar-refractivity contribution in [3.05, 3.63) is 30.1 Å². The largest absolute Gasteiger partial charge is 0.368 e. The summed E-state index contributed by atoms with van der Waals surface area (Å²) >= 11 is 0. The molecule has 5 amide bonds. The van der Waals surface area contributed by atoms with Crippen molar-refractivity contribution in [2.24, 2.45) is 11.5 Å². The van der Waals surface area contributed by atoms with Gasteiger partial charge in [0, 0.05) is 25.5 Å². The number of amides is 5.